The summed E-state index contributed by atoms with van der Waals surface area (Å²) in [5.74, 6) is 0.373. The Kier molecular flexibility index (Phi) is 5.57. The standard InChI is InChI=1S/C16H19NO5S/c1-21-10-8-17(12-14-6-4-9-22-14)16(18)13-5-3-7-15(11-13)23(2,19)20/h3-7,9,11H,8,10,12H2,1-2H3. The van der Waals surface area contributed by atoms with Gasteiger partial charge in [0.25, 0.3) is 5.91 Å². The zero-order chi connectivity index (χ0) is 16.9. The third-order valence-electron chi connectivity index (χ3n) is 3.29. The molecule has 0 fully saturated rings. The first-order valence-electron chi connectivity index (χ1n) is 7.02. The van der Waals surface area contributed by atoms with Gasteiger partial charge in [-0.25, -0.2) is 8.42 Å². The van der Waals surface area contributed by atoms with Crippen LogP contribution in [0, 0.1) is 0 Å². The largest absolute Gasteiger partial charge is 0.467 e. The molecule has 0 radical (unpaired) electrons. The zero-order valence-electron chi connectivity index (χ0n) is 13.1. The Morgan fingerprint density at radius 2 is 2.04 bits per heavy atom. The summed E-state index contributed by atoms with van der Waals surface area (Å²) >= 11 is 0. The summed E-state index contributed by atoms with van der Waals surface area (Å²) < 4.78 is 33.6. The second-order valence-corrected chi connectivity index (χ2v) is 7.11. The van der Waals surface area contributed by atoms with Gasteiger partial charge in [0, 0.05) is 25.5 Å². The van der Waals surface area contributed by atoms with E-state index in [1.165, 1.54) is 12.1 Å². The van der Waals surface area contributed by atoms with Gasteiger partial charge in [0.2, 0.25) is 0 Å². The number of ether oxygens (including phenoxy) is 1. The fourth-order valence-electron chi connectivity index (χ4n) is 2.09. The molecule has 7 heteroatoms. The van der Waals surface area contributed by atoms with Gasteiger partial charge in [-0.3, -0.25) is 4.79 Å². The lowest BCUT2D eigenvalue weighted by atomic mass is 10.2. The Morgan fingerprint density at radius 1 is 1.26 bits per heavy atom. The number of nitrogens with zero attached hydrogens (tertiary/aromatic N) is 1. The van der Waals surface area contributed by atoms with Crippen molar-refractivity contribution in [3.63, 3.8) is 0 Å². The van der Waals surface area contributed by atoms with E-state index < -0.39 is 9.84 Å². The molecule has 0 spiro atoms. The molecule has 0 N–H and O–H groups in total. The highest BCUT2D eigenvalue weighted by molar-refractivity contribution is 7.90. The third-order valence-corrected chi connectivity index (χ3v) is 4.40. The van der Waals surface area contributed by atoms with Gasteiger partial charge >= 0.3 is 0 Å². The number of sulfone groups is 1. The zero-order valence-corrected chi connectivity index (χ0v) is 13.9. The quantitative estimate of drug-likeness (QED) is 0.772. The van der Waals surface area contributed by atoms with Crippen molar-refractivity contribution >= 4 is 15.7 Å². The molecule has 1 aromatic heterocycles. The first-order chi connectivity index (χ1) is 10.9. The number of hydrogen-bond donors (Lipinski definition) is 0. The third kappa shape index (κ3) is 4.67. The molecule has 0 aliphatic carbocycles. The Balaban J connectivity index is 2.25. The van der Waals surface area contributed by atoms with Crippen LogP contribution in [0.5, 0.6) is 0 Å². The van der Waals surface area contributed by atoms with Gasteiger partial charge < -0.3 is 14.1 Å². The number of hydrogen-bond acceptors (Lipinski definition) is 5. The predicted octanol–water partition coefficient (Wildman–Crippen LogP) is 1.97. The van der Waals surface area contributed by atoms with Crippen molar-refractivity contribution in [1.82, 2.24) is 4.90 Å². The number of carbonyl (C=O) groups excluding carboxylic acids is 1. The normalized spacial score (nSPS) is 11.4. The van der Waals surface area contributed by atoms with Crippen LogP contribution in [-0.2, 0) is 21.1 Å². The average molecular weight is 337 g/mol. The summed E-state index contributed by atoms with van der Waals surface area (Å²) in [4.78, 5) is 14.4. The molecule has 1 amide bonds. The molecule has 0 saturated carbocycles. The molecule has 0 atom stereocenters. The minimum atomic E-state index is -3.37. The minimum Gasteiger partial charge on any atom is -0.467 e. The predicted molar refractivity (Wildman–Crippen MR) is 84.9 cm³/mol. The van der Waals surface area contributed by atoms with Gasteiger partial charge in [-0.2, -0.15) is 0 Å². The first-order valence-corrected chi connectivity index (χ1v) is 8.91. The maximum atomic E-state index is 12.7. The summed E-state index contributed by atoms with van der Waals surface area (Å²) in [5, 5.41) is 0. The highest BCUT2D eigenvalue weighted by Gasteiger charge is 2.19. The van der Waals surface area contributed by atoms with Gasteiger partial charge in [0.15, 0.2) is 9.84 Å². The van der Waals surface area contributed by atoms with Gasteiger partial charge in [-0.1, -0.05) is 6.07 Å². The lowest BCUT2D eigenvalue weighted by molar-refractivity contribution is 0.0666. The van der Waals surface area contributed by atoms with E-state index in [1.54, 1.807) is 42.5 Å². The van der Waals surface area contributed by atoms with E-state index in [-0.39, 0.29) is 17.3 Å². The van der Waals surface area contributed by atoms with Crippen LogP contribution in [0.4, 0.5) is 0 Å². The molecular weight excluding hydrogens is 318 g/mol. The average Bonchev–Trinajstić information content (AvgIpc) is 3.03. The maximum absolute atomic E-state index is 12.7. The van der Waals surface area contributed by atoms with Crippen LogP contribution in [0.1, 0.15) is 16.1 Å². The SMILES string of the molecule is COCCN(Cc1ccco1)C(=O)c1cccc(S(C)(=O)=O)c1. The summed E-state index contributed by atoms with van der Waals surface area (Å²) in [6.45, 7) is 1.04. The molecule has 2 rings (SSSR count). The van der Waals surface area contributed by atoms with E-state index in [4.69, 9.17) is 9.15 Å². The van der Waals surface area contributed by atoms with Gasteiger partial charge in [0.1, 0.15) is 5.76 Å². The van der Waals surface area contributed by atoms with Crippen LogP contribution in [-0.4, -0.2) is 45.7 Å². The number of carbonyl (C=O) groups is 1. The molecule has 0 aliphatic rings. The summed E-state index contributed by atoms with van der Waals surface area (Å²) in [7, 11) is -1.81. The molecule has 0 aliphatic heterocycles. The van der Waals surface area contributed by atoms with E-state index in [1.807, 2.05) is 0 Å². The van der Waals surface area contributed by atoms with Crippen molar-refractivity contribution in [3.8, 4) is 0 Å². The Hall–Kier alpha value is -2.12. The van der Waals surface area contributed by atoms with Crippen molar-refractivity contribution in [2.75, 3.05) is 26.5 Å². The van der Waals surface area contributed by atoms with E-state index >= 15 is 0 Å². The van der Waals surface area contributed by atoms with Crippen LogP contribution >= 0.6 is 0 Å². The topological polar surface area (TPSA) is 76.8 Å². The summed E-state index contributed by atoms with van der Waals surface area (Å²) in [6, 6.07) is 9.54. The first kappa shape index (κ1) is 17.2. The van der Waals surface area contributed by atoms with Crippen molar-refractivity contribution < 1.29 is 22.4 Å². The minimum absolute atomic E-state index is 0.119. The van der Waals surface area contributed by atoms with Crippen LogP contribution in [0.15, 0.2) is 52.0 Å². The fourth-order valence-corrected chi connectivity index (χ4v) is 2.75. The Bertz CT molecular complexity index is 753. The second kappa shape index (κ2) is 7.43. The molecular formula is C16H19NO5S. The Morgan fingerprint density at radius 3 is 2.65 bits per heavy atom. The van der Waals surface area contributed by atoms with Gasteiger partial charge in [0.05, 0.1) is 24.3 Å². The summed E-state index contributed by atoms with van der Waals surface area (Å²) in [5.41, 5.74) is 0.315. The summed E-state index contributed by atoms with van der Waals surface area (Å²) in [6.07, 6.45) is 2.65. The molecule has 1 heterocycles. The van der Waals surface area contributed by atoms with Crippen molar-refractivity contribution in [3.05, 3.63) is 54.0 Å². The number of benzene rings is 1. The number of methoxy groups -OCH3 is 1. The van der Waals surface area contributed by atoms with Crippen LogP contribution in [0.2, 0.25) is 0 Å². The monoisotopic (exact) mass is 337 g/mol. The number of furan rings is 1. The van der Waals surface area contributed by atoms with E-state index in [2.05, 4.69) is 0 Å². The van der Waals surface area contributed by atoms with Crippen molar-refractivity contribution in [1.29, 1.82) is 0 Å². The van der Waals surface area contributed by atoms with Crippen molar-refractivity contribution in [2.45, 2.75) is 11.4 Å². The molecule has 124 valence electrons. The molecule has 23 heavy (non-hydrogen) atoms. The molecule has 0 bridgehead atoms. The number of rotatable bonds is 7. The molecule has 6 nitrogen and oxygen atoms in total. The lowest BCUT2D eigenvalue weighted by Gasteiger charge is -2.21. The Labute approximate surface area is 135 Å². The second-order valence-electron chi connectivity index (χ2n) is 5.10. The highest BCUT2D eigenvalue weighted by atomic mass is 32.2. The van der Waals surface area contributed by atoms with E-state index in [0.717, 1.165) is 6.26 Å². The van der Waals surface area contributed by atoms with E-state index in [0.29, 0.717) is 24.5 Å². The smallest absolute Gasteiger partial charge is 0.254 e. The lowest BCUT2D eigenvalue weighted by Crippen LogP contribution is -2.33. The van der Waals surface area contributed by atoms with Gasteiger partial charge in [-0.15, -0.1) is 0 Å². The molecule has 0 unspecified atom stereocenters. The highest BCUT2D eigenvalue weighted by Crippen LogP contribution is 2.15. The van der Waals surface area contributed by atoms with Crippen LogP contribution in [0.25, 0.3) is 0 Å². The molecule has 0 saturated heterocycles. The molecule has 2 aromatic rings. The fraction of sp³-hybridized carbons (Fsp3) is 0.312. The van der Waals surface area contributed by atoms with Gasteiger partial charge in [-0.05, 0) is 30.3 Å². The van der Waals surface area contributed by atoms with Crippen molar-refractivity contribution in [2.24, 2.45) is 0 Å². The number of amides is 1. The van der Waals surface area contributed by atoms with Crippen LogP contribution < -0.4 is 0 Å². The molecule has 1 aromatic carbocycles. The van der Waals surface area contributed by atoms with E-state index in [9.17, 15) is 13.2 Å². The maximum Gasteiger partial charge on any atom is 0.254 e. The van der Waals surface area contributed by atoms with Crippen LogP contribution in [0.3, 0.4) is 0 Å².